The summed E-state index contributed by atoms with van der Waals surface area (Å²) in [6, 6.07) is 14.7. The molecule has 1 atom stereocenters. The van der Waals surface area contributed by atoms with Crippen LogP contribution in [0.5, 0.6) is 0 Å². The van der Waals surface area contributed by atoms with E-state index < -0.39 is 6.04 Å². The van der Waals surface area contributed by atoms with Gasteiger partial charge in [-0.05, 0) is 50.9 Å². The Hall–Kier alpha value is -2.90. The van der Waals surface area contributed by atoms with Crippen LogP contribution < -0.4 is 11.1 Å². The molecule has 3 aromatic rings. The van der Waals surface area contributed by atoms with Gasteiger partial charge in [-0.2, -0.15) is 0 Å². The lowest BCUT2D eigenvalue weighted by Crippen LogP contribution is -2.37. The smallest absolute Gasteiger partial charge is 0.408 e. The molecule has 0 fully saturated rings. The molecule has 7 nitrogen and oxygen atoms in total. The third kappa shape index (κ3) is 4.80. The molecule has 0 aliphatic heterocycles. The van der Waals surface area contributed by atoms with E-state index in [0.717, 1.165) is 18.7 Å². The number of fused-ring (bicyclic) bond motifs is 1. The maximum atomic E-state index is 13.3. The molecule has 30 heavy (non-hydrogen) atoms. The van der Waals surface area contributed by atoms with Gasteiger partial charge in [-0.3, -0.25) is 14.3 Å². The van der Waals surface area contributed by atoms with Gasteiger partial charge in [0.25, 0.3) is 0 Å². The Balaban J connectivity index is 1.90. The fraction of sp³-hybridized carbons (Fsp3) is 0.391. The second-order valence-corrected chi connectivity index (χ2v) is 7.53. The molecule has 0 saturated carbocycles. The Bertz CT molecular complexity index is 1040. The molecule has 3 rings (SSSR count). The van der Waals surface area contributed by atoms with Crippen LogP contribution in [0.15, 0.2) is 57.7 Å². The van der Waals surface area contributed by atoms with E-state index in [2.05, 4.69) is 10.2 Å². The van der Waals surface area contributed by atoms with E-state index in [-0.39, 0.29) is 11.7 Å². The van der Waals surface area contributed by atoms with Crippen molar-refractivity contribution in [3.05, 3.63) is 64.6 Å². The van der Waals surface area contributed by atoms with Gasteiger partial charge in [-0.1, -0.05) is 44.2 Å². The van der Waals surface area contributed by atoms with Gasteiger partial charge in [0.1, 0.15) is 6.04 Å². The van der Waals surface area contributed by atoms with E-state index in [1.165, 1.54) is 0 Å². The van der Waals surface area contributed by atoms with Crippen LogP contribution in [0.3, 0.4) is 0 Å². The Morgan fingerprint density at radius 2 is 1.80 bits per heavy atom. The van der Waals surface area contributed by atoms with Gasteiger partial charge in [0.15, 0.2) is 5.58 Å². The maximum absolute atomic E-state index is 13.3. The van der Waals surface area contributed by atoms with E-state index in [0.29, 0.717) is 29.9 Å². The highest BCUT2D eigenvalue weighted by Crippen LogP contribution is 2.24. The highest BCUT2D eigenvalue weighted by atomic mass is 16.4. The summed E-state index contributed by atoms with van der Waals surface area (Å²) in [4.78, 5) is 29.6. The van der Waals surface area contributed by atoms with Gasteiger partial charge < -0.3 is 14.6 Å². The lowest BCUT2D eigenvalue weighted by molar-refractivity contribution is -0.121. The molecule has 1 aromatic heterocycles. The fourth-order valence-electron chi connectivity index (χ4n) is 3.61. The molecule has 0 aliphatic rings. The molecule has 0 saturated heterocycles. The lowest BCUT2D eigenvalue weighted by Gasteiger charge is -2.29. The molecule has 160 valence electrons. The SMILES string of the molecule is CCN(CC)C(C(=O)Nc1ccc2oc(=O)n(CCN(C)C)c2c1)c1ccccc1. The number of benzene rings is 2. The minimum absolute atomic E-state index is 0.102. The molecule has 1 N–H and O–H groups in total. The van der Waals surface area contributed by atoms with Crippen LogP contribution in [0.4, 0.5) is 5.69 Å². The van der Waals surface area contributed by atoms with E-state index in [9.17, 15) is 9.59 Å². The van der Waals surface area contributed by atoms with Gasteiger partial charge in [0.05, 0.1) is 5.52 Å². The van der Waals surface area contributed by atoms with Crippen molar-refractivity contribution in [2.45, 2.75) is 26.4 Å². The molecular formula is C23H30N4O3. The third-order valence-electron chi connectivity index (χ3n) is 5.25. The van der Waals surface area contributed by atoms with Crippen LogP contribution in [0, 0.1) is 0 Å². The molecule has 2 aromatic carbocycles. The van der Waals surface area contributed by atoms with Crippen molar-refractivity contribution >= 4 is 22.7 Å². The second kappa shape index (κ2) is 9.73. The van der Waals surface area contributed by atoms with Gasteiger partial charge in [-0.15, -0.1) is 0 Å². The molecule has 1 heterocycles. The summed E-state index contributed by atoms with van der Waals surface area (Å²) in [5.74, 6) is -0.490. The van der Waals surface area contributed by atoms with Crippen LogP contribution in [0.2, 0.25) is 0 Å². The summed E-state index contributed by atoms with van der Waals surface area (Å²) in [6.45, 7) is 6.84. The van der Waals surface area contributed by atoms with Crippen LogP contribution >= 0.6 is 0 Å². The number of anilines is 1. The molecule has 1 unspecified atom stereocenters. The van der Waals surface area contributed by atoms with Crippen molar-refractivity contribution in [2.24, 2.45) is 0 Å². The number of nitrogens with one attached hydrogen (secondary N) is 1. The Morgan fingerprint density at radius 1 is 1.10 bits per heavy atom. The van der Waals surface area contributed by atoms with E-state index in [1.54, 1.807) is 22.8 Å². The number of nitrogens with zero attached hydrogens (tertiary/aromatic N) is 3. The van der Waals surface area contributed by atoms with Crippen LogP contribution in [-0.2, 0) is 11.3 Å². The predicted molar refractivity (Wildman–Crippen MR) is 120 cm³/mol. The zero-order chi connectivity index (χ0) is 21.7. The van der Waals surface area contributed by atoms with Crippen molar-refractivity contribution in [2.75, 3.05) is 39.0 Å². The van der Waals surface area contributed by atoms with Crippen LogP contribution in [-0.4, -0.2) is 54.0 Å². The van der Waals surface area contributed by atoms with E-state index in [4.69, 9.17) is 4.42 Å². The van der Waals surface area contributed by atoms with Crippen molar-refractivity contribution in [3.63, 3.8) is 0 Å². The van der Waals surface area contributed by atoms with Gasteiger partial charge in [0, 0.05) is 18.8 Å². The summed E-state index contributed by atoms with van der Waals surface area (Å²) < 4.78 is 6.95. The standard InChI is InChI=1S/C23H30N4O3/c1-5-26(6-2)21(17-10-8-7-9-11-17)22(28)24-18-12-13-20-19(16-18)27(23(29)30-20)15-14-25(3)4/h7-13,16,21H,5-6,14-15H2,1-4H3,(H,24,28). The van der Waals surface area contributed by atoms with E-state index in [1.807, 2.05) is 63.2 Å². The first kappa shape index (κ1) is 21.8. The Kier molecular flexibility index (Phi) is 7.07. The number of oxazole rings is 1. The number of amides is 1. The second-order valence-electron chi connectivity index (χ2n) is 7.53. The summed E-state index contributed by atoms with van der Waals surface area (Å²) in [6.07, 6.45) is 0. The zero-order valence-electron chi connectivity index (χ0n) is 18.1. The highest BCUT2D eigenvalue weighted by Gasteiger charge is 2.26. The quantitative estimate of drug-likeness (QED) is 0.587. The average Bonchev–Trinajstić information content (AvgIpc) is 3.05. The van der Waals surface area contributed by atoms with Crippen molar-refractivity contribution in [3.8, 4) is 0 Å². The zero-order valence-corrected chi connectivity index (χ0v) is 18.1. The summed E-state index contributed by atoms with van der Waals surface area (Å²) in [5.41, 5.74) is 2.78. The third-order valence-corrected chi connectivity index (χ3v) is 5.25. The molecule has 1 amide bonds. The predicted octanol–water partition coefficient (Wildman–Crippen LogP) is 3.18. The normalized spacial score (nSPS) is 12.6. The number of hydrogen-bond donors (Lipinski definition) is 1. The minimum atomic E-state index is -0.391. The summed E-state index contributed by atoms with van der Waals surface area (Å²) in [5, 5.41) is 3.04. The Labute approximate surface area is 176 Å². The van der Waals surface area contributed by atoms with Crippen molar-refractivity contribution < 1.29 is 9.21 Å². The molecule has 7 heteroatoms. The highest BCUT2D eigenvalue weighted by molar-refractivity contribution is 5.97. The van der Waals surface area contributed by atoms with Gasteiger partial charge in [0.2, 0.25) is 5.91 Å². The lowest BCUT2D eigenvalue weighted by atomic mass is 10.0. The number of carbonyl (C=O) groups is 1. The van der Waals surface area contributed by atoms with Crippen molar-refractivity contribution in [1.82, 2.24) is 14.4 Å². The first-order valence-electron chi connectivity index (χ1n) is 10.3. The number of hydrogen-bond acceptors (Lipinski definition) is 5. The first-order chi connectivity index (χ1) is 14.4. The van der Waals surface area contributed by atoms with Crippen LogP contribution in [0.25, 0.3) is 11.1 Å². The number of carbonyl (C=O) groups excluding carboxylic acids is 1. The number of rotatable bonds is 9. The van der Waals surface area contributed by atoms with E-state index >= 15 is 0 Å². The molecular weight excluding hydrogens is 380 g/mol. The number of aromatic nitrogens is 1. The Morgan fingerprint density at radius 3 is 2.43 bits per heavy atom. The maximum Gasteiger partial charge on any atom is 0.419 e. The number of likely N-dealkylation sites (N-methyl/N-ethyl adjacent to an activating group) is 2. The first-order valence-corrected chi connectivity index (χ1v) is 10.3. The molecule has 0 bridgehead atoms. The molecule has 0 spiro atoms. The largest absolute Gasteiger partial charge is 0.419 e. The molecule has 0 radical (unpaired) electrons. The van der Waals surface area contributed by atoms with Crippen molar-refractivity contribution in [1.29, 1.82) is 0 Å². The fourth-order valence-corrected chi connectivity index (χ4v) is 3.61. The monoisotopic (exact) mass is 410 g/mol. The van der Waals surface area contributed by atoms with Gasteiger partial charge >= 0.3 is 5.76 Å². The average molecular weight is 411 g/mol. The topological polar surface area (TPSA) is 70.7 Å². The van der Waals surface area contributed by atoms with Crippen LogP contribution in [0.1, 0.15) is 25.5 Å². The summed E-state index contributed by atoms with van der Waals surface area (Å²) >= 11 is 0. The van der Waals surface area contributed by atoms with Gasteiger partial charge in [-0.25, -0.2) is 4.79 Å². The minimum Gasteiger partial charge on any atom is -0.408 e. The molecule has 0 aliphatic carbocycles. The summed E-state index contributed by atoms with van der Waals surface area (Å²) in [7, 11) is 3.91.